The summed E-state index contributed by atoms with van der Waals surface area (Å²) in [5, 5.41) is 15.4. The zero-order chi connectivity index (χ0) is 15.5. The van der Waals surface area contributed by atoms with Crippen LogP contribution in [-0.2, 0) is 4.79 Å². The predicted molar refractivity (Wildman–Crippen MR) is 82.1 cm³/mol. The van der Waals surface area contributed by atoms with Crippen molar-refractivity contribution in [1.82, 2.24) is 10.6 Å². The largest absolute Gasteiger partial charge is 0.392 e. The van der Waals surface area contributed by atoms with Crippen molar-refractivity contribution in [3.05, 3.63) is 30.1 Å². The molecule has 3 N–H and O–H groups in total. The molecule has 22 heavy (non-hydrogen) atoms. The Morgan fingerprint density at radius 3 is 2.86 bits per heavy atom. The molecule has 1 unspecified atom stereocenters. The van der Waals surface area contributed by atoms with Crippen molar-refractivity contribution in [3.8, 4) is 0 Å². The normalized spacial score (nSPS) is 28.1. The Balaban J connectivity index is 1.45. The van der Waals surface area contributed by atoms with Crippen LogP contribution < -0.4 is 15.5 Å². The number of rotatable bonds is 4. The van der Waals surface area contributed by atoms with Crippen molar-refractivity contribution in [2.24, 2.45) is 5.92 Å². The second-order valence-electron chi connectivity index (χ2n) is 6.17. The van der Waals surface area contributed by atoms with Gasteiger partial charge in [0.15, 0.2) is 0 Å². The minimum atomic E-state index is -0.420. The number of hydrogen-bond acceptors (Lipinski definition) is 4. The fraction of sp³-hybridized carbons (Fsp3) is 0.562. The van der Waals surface area contributed by atoms with Gasteiger partial charge < -0.3 is 20.6 Å². The topological polar surface area (TPSA) is 64.6 Å². The highest BCUT2D eigenvalue weighted by atomic mass is 19.1. The van der Waals surface area contributed by atoms with Crippen molar-refractivity contribution in [3.63, 3.8) is 0 Å². The Kier molecular flexibility index (Phi) is 4.59. The van der Waals surface area contributed by atoms with Crippen molar-refractivity contribution >= 4 is 11.6 Å². The average molecular weight is 307 g/mol. The summed E-state index contributed by atoms with van der Waals surface area (Å²) in [6.07, 6.45) is 1.08. The molecular formula is C16H22FN3O2. The van der Waals surface area contributed by atoms with Gasteiger partial charge in [-0.05, 0) is 43.0 Å². The number of β-amino-alcohol motifs (C(OH)–C–C–N with tert-alkyl or cyclic N) is 1. The Labute approximate surface area is 129 Å². The second kappa shape index (κ2) is 6.62. The molecular weight excluding hydrogens is 285 g/mol. The van der Waals surface area contributed by atoms with Crippen molar-refractivity contribution in [2.45, 2.75) is 25.0 Å². The molecule has 1 amide bonds. The van der Waals surface area contributed by atoms with Crippen LogP contribution in [0.4, 0.5) is 10.1 Å². The molecule has 3 atom stereocenters. The van der Waals surface area contributed by atoms with Gasteiger partial charge in [0.25, 0.3) is 0 Å². The molecule has 2 aliphatic rings. The van der Waals surface area contributed by atoms with Crippen LogP contribution in [0.1, 0.15) is 12.8 Å². The highest BCUT2D eigenvalue weighted by molar-refractivity contribution is 5.82. The summed E-state index contributed by atoms with van der Waals surface area (Å²) in [4.78, 5) is 14.2. The molecule has 0 spiro atoms. The summed E-state index contributed by atoms with van der Waals surface area (Å²) in [6.45, 7) is 2.92. The lowest BCUT2D eigenvalue weighted by atomic mass is 10.1. The Bertz CT molecular complexity index is 523. The molecule has 0 bridgehead atoms. The van der Waals surface area contributed by atoms with E-state index in [4.69, 9.17) is 0 Å². The number of carbonyl (C=O) groups excluding carboxylic acids is 1. The van der Waals surface area contributed by atoms with E-state index in [0.29, 0.717) is 25.4 Å². The second-order valence-corrected chi connectivity index (χ2v) is 6.17. The Hall–Kier alpha value is -1.66. The number of anilines is 1. The van der Waals surface area contributed by atoms with Crippen LogP contribution in [0.3, 0.4) is 0 Å². The van der Waals surface area contributed by atoms with E-state index in [2.05, 4.69) is 15.5 Å². The summed E-state index contributed by atoms with van der Waals surface area (Å²) in [7, 11) is 0. The molecule has 0 aliphatic carbocycles. The van der Waals surface area contributed by atoms with Crippen LogP contribution in [0, 0.1) is 11.7 Å². The first-order valence-corrected chi connectivity index (χ1v) is 7.81. The minimum absolute atomic E-state index is 0.0308. The van der Waals surface area contributed by atoms with Gasteiger partial charge >= 0.3 is 0 Å². The van der Waals surface area contributed by atoms with Crippen LogP contribution in [-0.4, -0.2) is 49.3 Å². The van der Waals surface area contributed by atoms with Crippen LogP contribution in [0.25, 0.3) is 0 Å². The number of carbonyl (C=O) groups is 1. The highest BCUT2D eigenvalue weighted by Gasteiger charge is 2.29. The maximum absolute atomic E-state index is 12.9. The Morgan fingerprint density at radius 2 is 2.18 bits per heavy atom. The standard InChI is InChI=1S/C16H22FN3O2/c17-12-1-3-13(4-2-12)20-6-5-11(10-20)8-19-16(22)15-7-14(21)9-18-15/h1-4,11,14-15,18,21H,5-10H2,(H,19,22)/t11?,14-,15-/m0/s1. The van der Waals surface area contributed by atoms with Crippen LogP contribution in [0.2, 0.25) is 0 Å². The molecule has 120 valence electrons. The minimum Gasteiger partial charge on any atom is -0.392 e. The van der Waals surface area contributed by atoms with Gasteiger partial charge in [-0.25, -0.2) is 4.39 Å². The first-order valence-electron chi connectivity index (χ1n) is 7.81. The third kappa shape index (κ3) is 3.56. The van der Waals surface area contributed by atoms with E-state index in [1.54, 1.807) is 12.1 Å². The first kappa shape index (κ1) is 15.2. The number of amides is 1. The van der Waals surface area contributed by atoms with E-state index in [0.717, 1.165) is 25.2 Å². The predicted octanol–water partition coefficient (Wildman–Crippen LogP) is 0.491. The molecule has 0 saturated carbocycles. The number of benzene rings is 1. The number of nitrogens with zero attached hydrogens (tertiary/aromatic N) is 1. The van der Waals surface area contributed by atoms with Crippen LogP contribution in [0.5, 0.6) is 0 Å². The number of aliphatic hydroxyl groups excluding tert-OH is 1. The van der Waals surface area contributed by atoms with Gasteiger partial charge in [0.05, 0.1) is 12.1 Å². The van der Waals surface area contributed by atoms with Crippen LogP contribution >= 0.6 is 0 Å². The molecule has 0 aromatic heterocycles. The number of hydrogen-bond donors (Lipinski definition) is 3. The molecule has 2 aliphatic heterocycles. The third-order valence-electron chi connectivity index (χ3n) is 4.47. The fourth-order valence-electron chi connectivity index (χ4n) is 3.17. The number of halogens is 1. The SMILES string of the molecule is O=C(NCC1CCN(c2ccc(F)cc2)C1)[C@@H]1C[C@H](O)CN1. The van der Waals surface area contributed by atoms with Crippen molar-refractivity contribution < 1.29 is 14.3 Å². The molecule has 6 heteroatoms. The van der Waals surface area contributed by atoms with Gasteiger partial charge in [-0.3, -0.25) is 4.79 Å². The van der Waals surface area contributed by atoms with Gasteiger partial charge in [0, 0.05) is 31.9 Å². The lowest BCUT2D eigenvalue weighted by Gasteiger charge is -2.19. The van der Waals surface area contributed by atoms with E-state index in [1.165, 1.54) is 12.1 Å². The molecule has 2 fully saturated rings. The number of aliphatic hydroxyl groups is 1. The summed E-state index contributed by atoms with van der Waals surface area (Å²) < 4.78 is 12.9. The van der Waals surface area contributed by atoms with Crippen LogP contribution in [0.15, 0.2) is 24.3 Å². The summed E-state index contributed by atoms with van der Waals surface area (Å²) in [6, 6.07) is 6.26. The maximum Gasteiger partial charge on any atom is 0.237 e. The molecule has 2 saturated heterocycles. The quantitative estimate of drug-likeness (QED) is 0.757. The van der Waals surface area contributed by atoms with Crippen molar-refractivity contribution in [1.29, 1.82) is 0 Å². The van der Waals surface area contributed by atoms with Gasteiger partial charge in [-0.2, -0.15) is 0 Å². The van der Waals surface area contributed by atoms with Gasteiger partial charge in [0.2, 0.25) is 5.91 Å². The number of nitrogens with one attached hydrogen (secondary N) is 2. The van der Waals surface area contributed by atoms with E-state index >= 15 is 0 Å². The average Bonchev–Trinajstić information content (AvgIpc) is 3.15. The fourth-order valence-corrected chi connectivity index (χ4v) is 3.17. The third-order valence-corrected chi connectivity index (χ3v) is 4.47. The van der Waals surface area contributed by atoms with E-state index in [1.807, 2.05) is 0 Å². The lowest BCUT2D eigenvalue weighted by Crippen LogP contribution is -2.42. The summed E-state index contributed by atoms with van der Waals surface area (Å²) >= 11 is 0. The van der Waals surface area contributed by atoms with E-state index in [9.17, 15) is 14.3 Å². The van der Waals surface area contributed by atoms with E-state index < -0.39 is 6.10 Å². The van der Waals surface area contributed by atoms with Crippen molar-refractivity contribution in [2.75, 3.05) is 31.1 Å². The smallest absolute Gasteiger partial charge is 0.237 e. The van der Waals surface area contributed by atoms with Gasteiger partial charge in [0.1, 0.15) is 5.82 Å². The maximum atomic E-state index is 12.9. The molecule has 2 heterocycles. The van der Waals surface area contributed by atoms with Gasteiger partial charge in [-0.15, -0.1) is 0 Å². The zero-order valence-electron chi connectivity index (χ0n) is 12.5. The summed E-state index contributed by atoms with van der Waals surface area (Å²) in [5.41, 5.74) is 1.02. The summed E-state index contributed by atoms with van der Waals surface area (Å²) in [5.74, 6) is 0.148. The lowest BCUT2D eigenvalue weighted by molar-refractivity contribution is -0.123. The van der Waals surface area contributed by atoms with E-state index in [-0.39, 0.29) is 17.8 Å². The molecule has 0 radical (unpaired) electrons. The zero-order valence-corrected chi connectivity index (χ0v) is 12.5. The molecule has 1 aromatic rings. The molecule has 5 nitrogen and oxygen atoms in total. The monoisotopic (exact) mass is 307 g/mol. The van der Waals surface area contributed by atoms with Gasteiger partial charge in [-0.1, -0.05) is 0 Å². The molecule has 1 aromatic carbocycles. The molecule has 3 rings (SSSR count). The Morgan fingerprint density at radius 1 is 1.41 bits per heavy atom. The first-order chi connectivity index (χ1) is 10.6. The highest BCUT2D eigenvalue weighted by Crippen LogP contribution is 2.23.